The van der Waals surface area contributed by atoms with Gasteiger partial charge in [-0.1, -0.05) is 11.6 Å². The summed E-state index contributed by atoms with van der Waals surface area (Å²) in [5.74, 6) is 1.38. The minimum Gasteiger partial charge on any atom is -0.497 e. The molecule has 7 nitrogen and oxygen atoms in total. The zero-order chi connectivity index (χ0) is 21.6. The standard InChI is InChI=1S/C22H19ClN6OS/c1-30-20-10-4-16(5-11-20)13-26-29-21(17-3-2-12-24-14-17)27-28(22(29)31)15-25-19-8-6-18(23)7-9-19/h2-14,25H,15H2,1H3/b26-13+. The molecule has 0 atom stereocenters. The van der Waals surface area contributed by atoms with Gasteiger partial charge in [0.05, 0.1) is 13.3 Å². The van der Waals surface area contributed by atoms with Crippen molar-refractivity contribution in [1.82, 2.24) is 19.4 Å². The lowest BCUT2D eigenvalue weighted by atomic mass is 10.2. The molecule has 9 heteroatoms. The first-order valence-corrected chi connectivity index (χ1v) is 10.2. The van der Waals surface area contributed by atoms with E-state index in [1.807, 2.05) is 60.7 Å². The number of benzene rings is 2. The zero-order valence-electron chi connectivity index (χ0n) is 16.6. The molecule has 0 spiro atoms. The molecular formula is C22H19ClN6OS. The van der Waals surface area contributed by atoms with Crippen LogP contribution in [0.3, 0.4) is 0 Å². The Kier molecular flexibility index (Phi) is 6.40. The molecule has 0 bridgehead atoms. The van der Waals surface area contributed by atoms with E-state index in [-0.39, 0.29) is 0 Å². The van der Waals surface area contributed by atoms with Crippen molar-refractivity contribution in [2.45, 2.75) is 6.67 Å². The van der Waals surface area contributed by atoms with Gasteiger partial charge in [-0.15, -0.1) is 5.10 Å². The second-order valence-electron chi connectivity index (χ2n) is 6.52. The Hall–Kier alpha value is -3.49. The lowest BCUT2D eigenvalue weighted by Crippen LogP contribution is -2.10. The number of hydrogen-bond donors (Lipinski definition) is 1. The average Bonchev–Trinajstić information content (AvgIpc) is 3.13. The first kappa shape index (κ1) is 20.8. The number of halogens is 1. The highest BCUT2D eigenvalue weighted by Crippen LogP contribution is 2.18. The topological polar surface area (TPSA) is 69.3 Å². The van der Waals surface area contributed by atoms with Gasteiger partial charge < -0.3 is 10.1 Å². The van der Waals surface area contributed by atoms with Gasteiger partial charge in [-0.25, -0.2) is 4.68 Å². The third-order valence-corrected chi connectivity index (χ3v) is 5.09. The molecule has 0 fully saturated rings. The Balaban J connectivity index is 1.65. The Morgan fingerprint density at radius 3 is 2.58 bits per heavy atom. The fraction of sp³-hybridized carbons (Fsp3) is 0.0909. The van der Waals surface area contributed by atoms with Crippen LogP contribution in [0.2, 0.25) is 5.02 Å². The van der Waals surface area contributed by atoms with Gasteiger partial charge in [0, 0.05) is 28.7 Å². The molecule has 0 amide bonds. The molecule has 0 saturated heterocycles. The summed E-state index contributed by atoms with van der Waals surface area (Å²) in [5, 5.41) is 13.2. The third-order valence-electron chi connectivity index (χ3n) is 4.45. The molecule has 0 aliphatic carbocycles. The lowest BCUT2D eigenvalue weighted by Gasteiger charge is -2.05. The van der Waals surface area contributed by atoms with Crippen molar-refractivity contribution in [2.75, 3.05) is 12.4 Å². The molecule has 2 heterocycles. The number of methoxy groups -OCH3 is 1. The van der Waals surface area contributed by atoms with Gasteiger partial charge in [-0.3, -0.25) is 4.98 Å². The molecule has 0 saturated carbocycles. The lowest BCUT2D eigenvalue weighted by molar-refractivity contribution is 0.415. The minimum absolute atomic E-state index is 0.374. The molecule has 2 aromatic carbocycles. The first-order chi connectivity index (χ1) is 15.1. The van der Waals surface area contributed by atoms with Gasteiger partial charge in [0.25, 0.3) is 0 Å². The van der Waals surface area contributed by atoms with Crippen LogP contribution in [0.25, 0.3) is 11.4 Å². The van der Waals surface area contributed by atoms with E-state index in [2.05, 4.69) is 20.5 Å². The van der Waals surface area contributed by atoms with E-state index < -0.39 is 0 Å². The van der Waals surface area contributed by atoms with Crippen molar-refractivity contribution in [3.63, 3.8) is 0 Å². The number of nitrogens with zero attached hydrogens (tertiary/aromatic N) is 5. The SMILES string of the molecule is COc1ccc(/C=N/n2c(-c3cccnc3)nn(CNc3ccc(Cl)cc3)c2=S)cc1. The van der Waals surface area contributed by atoms with Crippen LogP contribution in [-0.4, -0.2) is 32.8 Å². The normalized spacial score (nSPS) is 11.0. The predicted octanol–water partition coefficient (Wildman–Crippen LogP) is 5.09. The van der Waals surface area contributed by atoms with Gasteiger partial charge in [0.15, 0.2) is 5.82 Å². The molecule has 2 aromatic heterocycles. The van der Waals surface area contributed by atoms with Crippen molar-refractivity contribution >= 4 is 35.7 Å². The van der Waals surface area contributed by atoms with Crippen LogP contribution in [0.15, 0.2) is 78.2 Å². The van der Waals surface area contributed by atoms with E-state index >= 15 is 0 Å². The van der Waals surface area contributed by atoms with Crippen LogP contribution < -0.4 is 10.1 Å². The van der Waals surface area contributed by atoms with Crippen LogP contribution >= 0.6 is 23.8 Å². The maximum atomic E-state index is 5.95. The highest BCUT2D eigenvalue weighted by atomic mass is 35.5. The largest absolute Gasteiger partial charge is 0.497 e. The number of hydrogen-bond acceptors (Lipinski definition) is 6. The molecule has 4 rings (SSSR count). The second-order valence-corrected chi connectivity index (χ2v) is 7.32. The van der Waals surface area contributed by atoms with Crippen molar-refractivity contribution in [3.8, 4) is 17.1 Å². The number of pyridine rings is 1. The first-order valence-electron chi connectivity index (χ1n) is 9.42. The van der Waals surface area contributed by atoms with Gasteiger partial charge in [0.1, 0.15) is 12.4 Å². The Bertz CT molecular complexity index is 1230. The second kappa shape index (κ2) is 9.55. The molecule has 0 unspecified atom stereocenters. The summed E-state index contributed by atoms with van der Waals surface area (Å²) in [7, 11) is 1.63. The van der Waals surface area contributed by atoms with E-state index in [1.54, 1.807) is 35.1 Å². The molecule has 156 valence electrons. The molecule has 0 aliphatic heterocycles. The molecule has 31 heavy (non-hydrogen) atoms. The summed E-state index contributed by atoms with van der Waals surface area (Å²) < 4.78 is 8.95. The van der Waals surface area contributed by atoms with Crippen LogP contribution in [0.1, 0.15) is 5.56 Å². The number of rotatable bonds is 7. The van der Waals surface area contributed by atoms with Crippen LogP contribution in [0.4, 0.5) is 5.69 Å². The summed E-state index contributed by atoms with van der Waals surface area (Å²) in [4.78, 5) is 4.19. The average molecular weight is 451 g/mol. The smallest absolute Gasteiger partial charge is 0.221 e. The zero-order valence-corrected chi connectivity index (χ0v) is 18.2. The third kappa shape index (κ3) is 4.99. The van der Waals surface area contributed by atoms with Crippen LogP contribution in [0.5, 0.6) is 5.75 Å². The Morgan fingerprint density at radius 2 is 1.90 bits per heavy atom. The summed E-state index contributed by atoms with van der Waals surface area (Å²) in [6.07, 6.45) is 5.17. The molecular weight excluding hydrogens is 432 g/mol. The van der Waals surface area contributed by atoms with E-state index in [0.29, 0.717) is 22.3 Å². The summed E-state index contributed by atoms with van der Waals surface area (Å²) in [6, 6.07) is 18.8. The number of nitrogens with one attached hydrogen (secondary N) is 1. The quantitative estimate of drug-likeness (QED) is 0.313. The van der Waals surface area contributed by atoms with Crippen molar-refractivity contribution in [2.24, 2.45) is 5.10 Å². The van der Waals surface area contributed by atoms with Gasteiger partial charge in [0.2, 0.25) is 4.77 Å². The highest BCUT2D eigenvalue weighted by Gasteiger charge is 2.12. The summed E-state index contributed by atoms with van der Waals surface area (Å²) >= 11 is 11.6. The van der Waals surface area contributed by atoms with Crippen LogP contribution in [-0.2, 0) is 6.67 Å². The minimum atomic E-state index is 0.374. The van der Waals surface area contributed by atoms with E-state index in [4.69, 9.17) is 28.6 Å². The monoisotopic (exact) mass is 450 g/mol. The maximum absolute atomic E-state index is 5.95. The molecule has 0 radical (unpaired) electrons. The van der Waals surface area contributed by atoms with Gasteiger partial charge in [-0.05, 0) is 78.4 Å². The predicted molar refractivity (Wildman–Crippen MR) is 125 cm³/mol. The van der Waals surface area contributed by atoms with Crippen molar-refractivity contribution in [1.29, 1.82) is 0 Å². The van der Waals surface area contributed by atoms with Crippen LogP contribution in [0, 0.1) is 4.77 Å². The molecule has 0 aliphatic rings. The highest BCUT2D eigenvalue weighted by molar-refractivity contribution is 7.71. The van der Waals surface area contributed by atoms with E-state index in [1.165, 1.54) is 0 Å². The molecule has 1 N–H and O–H groups in total. The Labute approximate surface area is 189 Å². The van der Waals surface area contributed by atoms with Gasteiger partial charge >= 0.3 is 0 Å². The maximum Gasteiger partial charge on any atom is 0.221 e. The van der Waals surface area contributed by atoms with E-state index in [9.17, 15) is 0 Å². The van der Waals surface area contributed by atoms with Crippen molar-refractivity contribution in [3.05, 3.63) is 88.4 Å². The van der Waals surface area contributed by atoms with Crippen molar-refractivity contribution < 1.29 is 4.74 Å². The Morgan fingerprint density at radius 1 is 1.13 bits per heavy atom. The number of ether oxygens (including phenoxy) is 1. The fourth-order valence-corrected chi connectivity index (χ4v) is 3.19. The summed E-state index contributed by atoms with van der Waals surface area (Å²) in [6.45, 7) is 0.374. The molecule has 4 aromatic rings. The summed E-state index contributed by atoms with van der Waals surface area (Å²) in [5.41, 5.74) is 2.63. The van der Waals surface area contributed by atoms with E-state index in [0.717, 1.165) is 22.6 Å². The number of aromatic nitrogens is 4. The van der Waals surface area contributed by atoms with Gasteiger partial charge in [-0.2, -0.15) is 9.78 Å². The number of anilines is 1. The fourth-order valence-electron chi connectivity index (χ4n) is 2.83.